The molecule has 0 aliphatic heterocycles. The smallest absolute Gasteiger partial charge is 0.335 e. The molecule has 0 radical (unpaired) electrons. The molecule has 0 unspecified atom stereocenters. The van der Waals surface area contributed by atoms with Crippen LogP contribution >= 0.6 is 11.9 Å². The first-order chi connectivity index (χ1) is 9.69. The Kier molecular flexibility index (Phi) is 8.14. The van der Waals surface area contributed by atoms with E-state index in [4.69, 9.17) is 10.2 Å². The van der Waals surface area contributed by atoms with Crippen LogP contribution in [0.5, 0.6) is 0 Å². The molecule has 0 atom stereocenters. The predicted octanol–water partition coefficient (Wildman–Crippen LogP) is 4.12. The number of rotatable bonds is 10. The Morgan fingerprint density at radius 3 is 2.60 bits per heavy atom. The third-order valence-corrected chi connectivity index (χ3v) is 3.79. The Balaban J connectivity index is 2.38. The summed E-state index contributed by atoms with van der Waals surface area (Å²) in [6.45, 7) is 3.11. The fraction of sp³-hybridized carbons (Fsp3) is 0.533. The first-order valence-corrected chi connectivity index (χ1v) is 8.05. The quantitative estimate of drug-likeness (QED) is 0.447. The molecule has 0 bridgehead atoms. The highest BCUT2D eigenvalue weighted by molar-refractivity contribution is 7.97. The number of benzene rings is 1. The standard InChI is InChI=1S/C15H24N2O2S/c1-2-3-4-5-6-7-10-17-13-9-8-12(15(18)19)11-14(13)20-16/h8-9,11,17H,2-7,10,16H2,1H3,(H,18,19). The number of nitrogens with one attached hydrogen (secondary N) is 1. The summed E-state index contributed by atoms with van der Waals surface area (Å²) in [5.41, 5.74) is 1.18. The summed E-state index contributed by atoms with van der Waals surface area (Å²) in [6.07, 6.45) is 7.54. The van der Waals surface area contributed by atoms with Gasteiger partial charge in [0.2, 0.25) is 0 Å². The number of carboxylic acid groups (broad SMARTS) is 1. The fourth-order valence-electron chi connectivity index (χ4n) is 2.03. The van der Waals surface area contributed by atoms with Crippen LogP contribution in [0.25, 0.3) is 0 Å². The van der Waals surface area contributed by atoms with E-state index >= 15 is 0 Å². The number of carboxylic acids is 1. The van der Waals surface area contributed by atoms with Crippen LogP contribution in [0.15, 0.2) is 23.1 Å². The van der Waals surface area contributed by atoms with E-state index in [0.29, 0.717) is 0 Å². The predicted molar refractivity (Wildman–Crippen MR) is 85.3 cm³/mol. The first-order valence-electron chi connectivity index (χ1n) is 7.17. The molecule has 0 saturated carbocycles. The molecule has 0 aliphatic carbocycles. The van der Waals surface area contributed by atoms with Crippen molar-refractivity contribution in [3.63, 3.8) is 0 Å². The van der Waals surface area contributed by atoms with Crippen molar-refractivity contribution in [2.24, 2.45) is 5.14 Å². The Hall–Kier alpha value is -1.20. The second kappa shape index (κ2) is 9.66. The lowest BCUT2D eigenvalue weighted by molar-refractivity contribution is 0.0696. The van der Waals surface area contributed by atoms with Crippen LogP contribution in [-0.2, 0) is 0 Å². The highest BCUT2D eigenvalue weighted by atomic mass is 32.2. The normalized spacial score (nSPS) is 10.5. The van der Waals surface area contributed by atoms with Crippen LogP contribution in [0.1, 0.15) is 55.8 Å². The Labute approximate surface area is 125 Å². The van der Waals surface area contributed by atoms with E-state index in [1.54, 1.807) is 18.2 Å². The molecular weight excluding hydrogens is 272 g/mol. The van der Waals surface area contributed by atoms with Crippen LogP contribution < -0.4 is 10.5 Å². The Bertz CT molecular complexity index is 424. The maximum absolute atomic E-state index is 10.9. The van der Waals surface area contributed by atoms with Gasteiger partial charge in [-0.05, 0) is 36.6 Å². The average molecular weight is 296 g/mol. The summed E-state index contributed by atoms with van der Waals surface area (Å²) in [6, 6.07) is 5.00. The van der Waals surface area contributed by atoms with Gasteiger partial charge in [-0.2, -0.15) is 0 Å². The van der Waals surface area contributed by atoms with Gasteiger partial charge in [-0.15, -0.1) is 0 Å². The molecule has 0 spiro atoms. The summed E-state index contributed by atoms with van der Waals surface area (Å²) in [7, 11) is 0. The maximum Gasteiger partial charge on any atom is 0.335 e. The van der Waals surface area contributed by atoms with E-state index in [-0.39, 0.29) is 5.56 Å². The van der Waals surface area contributed by atoms with Gasteiger partial charge in [0.05, 0.1) is 5.56 Å². The molecule has 4 N–H and O–H groups in total. The van der Waals surface area contributed by atoms with Crippen molar-refractivity contribution in [2.45, 2.75) is 50.3 Å². The van der Waals surface area contributed by atoms with Crippen LogP contribution in [0.2, 0.25) is 0 Å². The number of unbranched alkanes of at least 4 members (excludes halogenated alkanes) is 5. The molecule has 1 aromatic rings. The molecule has 0 heterocycles. The Morgan fingerprint density at radius 2 is 1.95 bits per heavy atom. The highest BCUT2D eigenvalue weighted by Crippen LogP contribution is 2.25. The zero-order chi connectivity index (χ0) is 14.8. The van der Waals surface area contributed by atoms with Gasteiger partial charge in [0.1, 0.15) is 0 Å². The van der Waals surface area contributed by atoms with E-state index in [1.807, 2.05) is 0 Å². The molecule has 20 heavy (non-hydrogen) atoms. The van der Waals surface area contributed by atoms with Crippen LogP contribution in [0.4, 0.5) is 5.69 Å². The zero-order valence-corrected chi connectivity index (χ0v) is 12.8. The molecule has 0 fully saturated rings. The molecule has 0 saturated heterocycles. The molecule has 0 aromatic heterocycles. The van der Waals surface area contributed by atoms with Crippen molar-refractivity contribution in [2.75, 3.05) is 11.9 Å². The van der Waals surface area contributed by atoms with Gasteiger partial charge in [0.15, 0.2) is 0 Å². The summed E-state index contributed by atoms with van der Waals surface area (Å²) in [5.74, 6) is -0.928. The second-order valence-corrected chi connectivity index (χ2v) is 5.50. The number of aromatic carboxylic acids is 1. The molecule has 1 aromatic carbocycles. The summed E-state index contributed by atoms with van der Waals surface area (Å²) in [4.78, 5) is 11.7. The third-order valence-electron chi connectivity index (χ3n) is 3.20. The lowest BCUT2D eigenvalue weighted by atomic mass is 10.1. The van der Waals surface area contributed by atoms with Gasteiger partial charge in [-0.25, -0.2) is 4.79 Å². The van der Waals surface area contributed by atoms with Gasteiger partial charge in [-0.1, -0.05) is 39.0 Å². The van der Waals surface area contributed by atoms with E-state index in [0.717, 1.165) is 35.5 Å². The van der Waals surface area contributed by atoms with E-state index in [9.17, 15) is 4.79 Å². The number of carbonyl (C=O) groups is 1. The summed E-state index contributed by atoms with van der Waals surface area (Å²) in [5, 5.41) is 17.9. The van der Waals surface area contributed by atoms with Crippen molar-refractivity contribution in [1.82, 2.24) is 0 Å². The molecule has 112 valence electrons. The topological polar surface area (TPSA) is 75.3 Å². The monoisotopic (exact) mass is 296 g/mol. The first kappa shape index (κ1) is 16.9. The molecular formula is C15H24N2O2S. The van der Waals surface area contributed by atoms with Crippen molar-refractivity contribution < 1.29 is 9.90 Å². The fourth-order valence-corrected chi connectivity index (χ4v) is 2.49. The molecule has 0 amide bonds. The largest absolute Gasteiger partial charge is 0.478 e. The van der Waals surface area contributed by atoms with E-state index in [1.165, 1.54) is 32.1 Å². The van der Waals surface area contributed by atoms with E-state index in [2.05, 4.69) is 12.2 Å². The van der Waals surface area contributed by atoms with Crippen molar-refractivity contribution in [1.29, 1.82) is 0 Å². The molecule has 5 heteroatoms. The van der Waals surface area contributed by atoms with Gasteiger partial charge in [0, 0.05) is 17.1 Å². The number of hydrogen-bond donors (Lipinski definition) is 3. The van der Waals surface area contributed by atoms with Crippen LogP contribution in [0.3, 0.4) is 0 Å². The van der Waals surface area contributed by atoms with Gasteiger partial charge in [0.25, 0.3) is 0 Å². The second-order valence-electron chi connectivity index (χ2n) is 4.83. The minimum absolute atomic E-state index is 0.267. The number of nitrogens with two attached hydrogens (primary N) is 1. The molecule has 1 rings (SSSR count). The third kappa shape index (κ3) is 5.84. The van der Waals surface area contributed by atoms with Gasteiger partial charge >= 0.3 is 5.97 Å². The highest BCUT2D eigenvalue weighted by Gasteiger charge is 2.07. The lowest BCUT2D eigenvalue weighted by Gasteiger charge is -2.11. The van der Waals surface area contributed by atoms with Crippen molar-refractivity contribution in [3.05, 3.63) is 23.8 Å². The SMILES string of the molecule is CCCCCCCCNc1ccc(C(=O)O)cc1SN. The van der Waals surface area contributed by atoms with Crippen LogP contribution in [0, 0.1) is 0 Å². The number of anilines is 1. The molecule has 0 aliphatic rings. The number of hydrogen-bond acceptors (Lipinski definition) is 4. The van der Waals surface area contributed by atoms with Crippen LogP contribution in [-0.4, -0.2) is 17.6 Å². The Morgan fingerprint density at radius 1 is 1.25 bits per heavy atom. The van der Waals surface area contributed by atoms with Crippen molar-refractivity contribution >= 4 is 23.6 Å². The summed E-state index contributed by atoms with van der Waals surface area (Å²) >= 11 is 1.08. The van der Waals surface area contributed by atoms with Gasteiger partial charge < -0.3 is 10.4 Å². The lowest BCUT2D eigenvalue weighted by Crippen LogP contribution is -2.05. The molecule has 4 nitrogen and oxygen atoms in total. The van der Waals surface area contributed by atoms with Gasteiger partial charge in [-0.3, -0.25) is 5.14 Å². The van der Waals surface area contributed by atoms with E-state index < -0.39 is 5.97 Å². The van der Waals surface area contributed by atoms with Crippen molar-refractivity contribution in [3.8, 4) is 0 Å². The minimum atomic E-state index is -0.928. The summed E-state index contributed by atoms with van der Waals surface area (Å²) < 4.78 is 0. The minimum Gasteiger partial charge on any atom is -0.478 e. The average Bonchev–Trinajstić information content (AvgIpc) is 2.46. The zero-order valence-electron chi connectivity index (χ0n) is 12.0. The maximum atomic E-state index is 10.9.